The van der Waals surface area contributed by atoms with E-state index in [0.29, 0.717) is 19.0 Å². The van der Waals surface area contributed by atoms with E-state index in [1.807, 2.05) is 23.7 Å². The lowest BCUT2D eigenvalue weighted by molar-refractivity contribution is 0.0332. The van der Waals surface area contributed by atoms with E-state index in [0.717, 1.165) is 37.9 Å². The highest BCUT2D eigenvalue weighted by atomic mass is 35.5. The van der Waals surface area contributed by atoms with Gasteiger partial charge in [-0.25, -0.2) is 22.2 Å². The van der Waals surface area contributed by atoms with E-state index in [-0.39, 0.29) is 11.1 Å². The lowest BCUT2D eigenvalue weighted by Crippen LogP contribution is -2.47. The Morgan fingerprint density at radius 3 is 2.66 bits per heavy atom. The van der Waals surface area contributed by atoms with Gasteiger partial charge in [0.1, 0.15) is 16.7 Å². The standard InChI is InChI=1S/C21H24ClF3N4O2S/c1-28(2)11-13-6-7-21(13)8-9-29(12-21)15-10-14(23)20(19(25)18(15)22)32(30,31)27-17-5-3-4-16(24)26-17/h3-5,10,13H,6-9,11-12H2,1-2H3,(H,26,27)/t13-,21+/m1/s1. The van der Waals surface area contributed by atoms with Crippen molar-refractivity contribution < 1.29 is 21.6 Å². The lowest BCUT2D eigenvalue weighted by atomic mass is 9.59. The first-order valence-electron chi connectivity index (χ1n) is 10.2. The number of nitrogens with one attached hydrogen (secondary N) is 1. The van der Waals surface area contributed by atoms with Crippen LogP contribution in [0.4, 0.5) is 24.7 Å². The molecule has 2 heterocycles. The maximum absolute atomic E-state index is 15.1. The monoisotopic (exact) mass is 488 g/mol. The van der Waals surface area contributed by atoms with Gasteiger partial charge in [-0.3, -0.25) is 4.72 Å². The average Bonchev–Trinajstić information content (AvgIpc) is 3.15. The molecule has 1 aliphatic carbocycles. The summed E-state index contributed by atoms with van der Waals surface area (Å²) in [6, 6.07) is 4.35. The van der Waals surface area contributed by atoms with Crippen LogP contribution in [0.1, 0.15) is 19.3 Å². The predicted molar refractivity (Wildman–Crippen MR) is 117 cm³/mol. The minimum Gasteiger partial charge on any atom is -0.370 e. The molecule has 2 atom stereocenters. The fourth-order valence-corrected chi connectivity index (χ4v) is 6.29. The molecule has 1 saturated carbocycles. The van der Waals surface area contributed by atoms with Crippen molar-refractivity contribution >= 4 is 33.1 Å². The molecule has 2 aromatic rings. The zero-order chi connectivity index (χ0) is 23.3. The SMILES string of the molecule is CN(C)C[C@H]1CC[C@@]12CCN(c1cc(F)c(S(=O)(=O)Nc3cccc(F)n3)c(F)c1Cl)C2. The molecule has 1 N–H and O–H groups in total. The van der Waals surface area contributed by atoms with Gasteiger partial charge in [0.15, 0.2) is 10.7 Å². The topological polar surface area (TPSA) is 65.5 Å². The van der Waals surface area contributed by atoms with Gasteiger partial charge in [0, 0.05) is 25.7 Å². The van der Waals surface area contributed by atoms with Crippen LogP contribution in [0.2, 0.25) is 5.02 Å². The van der Waals surface area contributed by atoms with Crippen molar-refractivity contribution in [2.75, 3.05) is 43.4 Å². The minimum atomic E-state index is -4.73. The molecule has 4 rings (SSSR count). The number of pyridine rings is 1. The summed E-state index contributed by atoms with van der Waals surface area (Å²) in [7, 11) is -0.689. The van der Waals surface area contributed by atoms with Crippen LogP contribution >= 0.6 is 11.6 Å². The number of anilines is 2. The zero-order valence-corrected chi connectivity index (χ0v) is 19.3. The molecule has 0 unspecified atom stereocenters. The number of hydrogen-bond acceptors (Lipinski definition) is 5. The molecular formula is C21H24ClF3N4O2S. The highest BCUT2D eigenvalue weighted by molar-refractivity contribution is 7.92. The van der Waals surface area contributed by atoms with Crippen LogP contribution in [0.15, 0.2) is 29.2 Å². The highest BCUT2D eigenvalue weighted by Gasteiger charge is 2.51. The number of sulfonamides is 1. The maximum atomic E-state index is 15.1. The van der Waals surface area contributed by atoms with Crippen LogP contribution in [-0.2, 0) is 10.0 Å². The molecule has 2 aliphatic rings. The zero-order valence-electron chi connectivity index (χ0n) is 17.7. The summed E-state index contributed by atoms with van der Waals surface area (Å²) < 4.78 is 70.4. The Morgan fingerprint density at radius 2 is 2.03 bits per heavy atom. The Kier molecular flexibility index (Phi) is 6.06. The van der Waals surface area contributed by atoms with Gasteiger partial charge >= 0.3 is 0 Å². The van der Waals surface area contributed by atoms with Crippen molar-refractivity contribution in [2.45, 2.75) is 24.2 Å². The quantitative estimate of drug-likeness (QED) is 0.489. The summed E-state index contributed by atoms with van der Waals surface area (Å²) in [6.45, 7) is 2.14. The van der Waals surface area contributed by atoms with Crippen molar-refractivity contribution in [3.8, 4) is 0 Å². The summed E-state index contributed by atoms with van der Waals surface area (Å²) in [5.41, 5.74) is 0.215. The summed E-state index contributed by atoms with van der Waals surface area (Å²) in [5.74, 6) is -3.50. The molecule has 0 amide bonds. The normalized spacial score (nSPS) is 23.1. The number of rotatable bonds is 6. The summed E-state index contributed by atoms with van der Waals surface area (Å²) in [4.78, 5) is 6.10. The van der Waals surface area contributed by atoms with Crippen molar-refractivity contribution in [1.82, 2.24) is 9.88 Å². The van der Waals surface area contributed by atoms with E-state index in [4.69, 9.17) is 11.6 Å². The first-order valence-corrected chi connectivity index (χ1v) is 12.1. The molecule has 1 aromatic heterocycles. The minimum absolute atomic E-state index is 0.0793. The fraction of sp³-hybridized carbons (Fsp3) is 0.476. The van der Waals surface area contributed by atoms with Crippen LogP contribution in [0.5, 0.6) is 0 Å². The van der Waals surface area contributed by atoms with Crippen LogP contribution in [0.25, 0.3) is 0 Å². The Labute approximate surface area is 190 Å². The van der Waals surface area contributed by atoms with Crippen LogP contribution < -0.4 is 9.62 Å². The van der Waals surface area contributed by atoms with Gasteiger partial charge in [0.25, 0.3) is 10.0 Å². The molecule has 1 saturated heterocycles. The molecule has 1 aliphatic heterocycles. The number of aromatic nitrogens is 1. The number of benzene rings is 1. The summed E-state index contributed by atoms with van der Waals surface area (Å²) >= 11 is 6.20. The summed E-state index contributed by atoms with van der Waals surface area (Å²) in [5, 5.41) is -0.459. The van der Waals surface area contributed by atoms with E-state index >= 15 is 4.39 Å². The van der Waals surface area contributed by atoms with E-state index in [9.17, 15) is 17.2 Å². The van der Waals surface area contributed by atoms with Gasteiger partial charge in [-0.1, -0.05) is 17.7 Å². The number of nitrogens with zero attached hydrogens (tertiary/aromatic N) is 3. The van der Waals surface area contributed by atoms with E-state index in [1.54, 1.807) is 0 Å². The third-order valence-corrected chi connectivity index (χ3v) is 8.24. The fourth-order valence-electron chi connectivity index (χ4n) is 4.82. The molecule has 0 radical (unpaired) electrons. The molecule has 11 heteroatoms. The van der Waals surface area contributed by atoms with Crippen molar-refractivity contribution in [3.05, 3.63) is 46.9 Å². The highest BCUT2D eigenvalue weighted by Crippen LogP contribution is 2.54. The average molecular weight is 489 g/mol. The van der Waals surface area contributed by atoms with Crippen molar-refractivity contribution in [1.29, 1.82) is 0 Å². The molecule has 174 valence electrons. The van der Waals surface area contributed by atoms with Crippen LogP contribution in [0, 0.1) is 28.9 Å². The van der Waals surface area contributed by atoms with Crippen LogP contribution in [-0.4, -0.2) is 52.0 Å². The van der Waals surface area contributed by atoms with Gasteiger partial charge in [0.2, 0.25) is 5.95 Å². The Morgan fingerprint density at radius 1 is 1.28 bits per heavy atom. The van der Waals surface area contributed by atoms with Crippen molar-refractivity contribution in [3.63, 3.8) is 0 Å². The van der Waals surface area contributed by atoms with E-state index in [2.05, 4.69) is 9.88 Å². The number of hydrogen-bond donors (Lipinski definition) is 1. The Balaban J connectivity index is 1.61. The van der Waals surface area contributed by atoms with E-state index in [1.165, 1.54) is 12.1 Å². The lowest BCUT2D eigenvalue weighted by Gasteiger charge is -2.48. The second kappa shape index (κ2) is 8.39. The van der Waals surface area contributed by atoms with Gasteiger partial charge in [-0.15, -0.1) is 0 Å². The molecular weight excluding hydrogens is 465 g/mol. The second-order valence-electron chi connectivity index (χ2n) is 8.82. The van der Waals surface area contributed by atoms with Crippen molar-refractivity contribution in [2.24, 2.45) is 11.3 Å². The van der Waals surface area contributed by atoms with Crippen LogP contribution in [0.3, 0.4) is 0 Å². The molecule has 0 bridgehead atoms. The molecule has 1 spiro atoms. The van der Waals surface area contributed by atoms with Gasteiger partial charge < -0.3 is 9.80 Å². The first-order chi connectivity index (χ1) is 15.0. The molecule has 1 aromatic carbocycles. The Hall–Kier alpha value is -2.04. The molecule has 32 heavy (non-hydrogen) atoms. The predicted octanol–water partition coefficient (Wildman–Crippen LogP) is 4.12. The van der Waals surface area contributed by atoms with Gasteiger partial charge in [0.05, 0.1) is 5.69 Å². The maximum Gasteiger partial charge on any atom is 0.268 e. The summed E-state index contributed by atoms with van der Waals surface area (Å²) in [6.07, 6.45) is 3.04. The third-order valence-electron chi connectivity index (χ3n) is 6.49. The van der Waals surface area contributed by atoms with Gasteiger partial charge in [-0.05, 0) is 56.8 Å². The first kappa shape index (κ1) is 23.1. The molecule has 6 nitrogen and oxygen atoms in total. The van der Waals surface area contributed by atoms with E-state index < -0.39 is 43.3 Å². The smallest absolute Gasteiger partial charge is 0.268 e. The second-order valence-corrected chi connectivity index (χ2v) is 10.8. The third kappa shape index (κ3) is 4.15. The van der Waals surface area contributed by atoms with Gasteiger partial charge in [-0.2, -0.15) is 4.39 Å². The molecule has 2 fully saturated rings. The largest absolute Gasteiger partial charge is 0.370 e. The Bertz CT molecular complexity index is 1150. The number of halogens is 4.